The van der Waals surface area contributed by atoms with Gasteiger partial charge in [-0.05, 0) is 36.2 Å². The van der Waals surface area contributed by atoms with Gasteiger partial charge in [0.2, 0.25) is 0 Å². The topological polar surface area (TPSA) is 51.4 Å². The van der Waals surface area contributed by atoms with Crippen LogP contribution in [0.5, 0.6) is 0 Å². The molecule has 0 spiro atoms. The van der Waals surface area contributed by atoms with Crippen LogP contribution in [-0.2, 0) is 9.84 Å². The Morgan fingerprint density at radius 2 is 1.54 bits per heavy atom. The lowest BCUT2D eigenvalue weighted by molar-refractivity contribution is 0.587. The first-order chi connectivity index (χ1) is 12.6. The van der Waals surface area contributed by atoms with Gasteiger partial charge in [0.15, 0.2) is 9.84 Å². The minimum Gasteiger partial charge on any atom is -0.302 e. The van der Waals surface area contributed by atoms with Gasteiger partial charge in [-0.1, -0.05) is 54.6 Å². The van der Waals surface area contributed by atoms with E-state index in [-0.39, 0.29) is 0 Å². The molecule has 0 amide bonds. The second-order valence-corrected chi connectivity index (χ2v) is 8.25. The van der Waals surface area contributed by atoms with E-state index < -0.39 is 15.1 Å². The normalized spacial score (nSPS) is 13.0. The third kappa shape index (κ3) is 2.70. The standard InChI is InChI=1S/C21H18N2O2S/c1-16-9-8-14-23-19(15-22-21(16)23)20(17-10-4-2-5-11-17)26(24,25)18-12-6-3-7-13-18/h2-15,20H,1H3. The maximum Gasteiger partial charge on any atom is 0.191 e. The molecule has 26 heavy (non-hydrogen) atoms. The Kier molecular flexibility index (Phi) is 4.09. The van der Waals surface area contributed by atoms with E-state index in [0.717, 1.165) is 16.8 Å². The van der Waals surface area contributed by atoms with Crippen molar-refractivity contribution in [2.24, 2.45) is 0 Å². The number of imidazole rings is 1. The molecule has 0 aliphatic carbocycles. The average molecular weight is 362 g/mol. The predicted octanol–water partition coefficient (Wildman–Crippen LogP) is 4.21. The largest absolute Gasteiger partial charge is 0.302 e. The van der Waals surface area contributed by atoms with Gasteiger partial charge in [-0.2, -0.15) is 0 Å². The van der Waals surface area contributed by atoms with Gasteiger partial charge in [-0.25, -0.2) is 13.4 Å². The molecular formula is C21H18N2O2S. The van der Waals surface area contributed by atoms with Gasteiger partial charge in [0.1, 0.15) is 10.9 Å². The molecule has 0 bridgehead atoms. The molecule has 0 radical (unpaired) electrons. The second kappa shape index (κ2) is 6.42. The van der Waals surface area contributed by atoms with Crippen LogP contribution in [0, 0.1) is 6.92 Å². The molecule has 0 N–H and O–H groups in total. The predicted molar refractivity (Wildman–Crippen MR) is 102 cm³/mol. The fourth-order valence-corrected chi connectivity index (χ4v) is 5.06. The molecule has 0 aliphatic heterocycles. The Morgan fingerprint density at radius 1 is 0.885 bits per heavy atom. The van der Waals surface area contributed by atoms with Crippen LogP contribution in [0.15, 0.2) is 90.1 Å². The number of aryl methyl sites for hydroxylation is 1. The van der Waals surface area contributed by atoms with Gasteiger partial charge in [0, 0.05) is 6.20 Å². The molecule has 5 heteroatoms. The van der Waals surface area contributed by atoms with Gasteiger partial charge < -0.3 is 4.40 Å². The summed E-state index contributed by atoms with van der Waals surface area (Å²) < 4.78 is 28.9. The van der Waals surface area contributed by atoms with Crippen molar-refractivity contribution in [3.63, 3.8) is 0 Å². The lowest BCUT2D eigenvalue weighted by Crippen LogP contribution is -2.17. The van der Waals surface area contributed by atoms with Crippen LogP contribution in [0.25, 0.3) is 5.65 Å². The highest BCUT2D eigenvalue weighted by Gasteiger charge is 2.33. The van der Waals surface area contributed by atoms with Crippen LogP contribution in [0.4, 0.5) is 0 Å². The molecule has 130 valence electrons. The van der Waals surface area contributed by atoms with Crippen molar-refractivity contribution < 1.29 is 8.42 Å². The molecule has 0 saturated carbocycles. The minimum atomic E-state index is -3.64. The van der Waals surface area contributed by atoms with Crippen LogP contribution in [0.2, 0.25) is 0 Å². The van der Waals surface area contributed by atoms with Gasteiger partial charge in [0.05, 0.1) is 16.8 Å². The summed E-state index contributed by atoms with van der Waals surface area (Å²) in [7, 11) is -3.64. The van der Waals surface area contributed by atoms with Gasteiger partial charge in [-0.3, -0.25) is 0 Å². The number of rotatable bonds is 4. The molecule has 2 aromatic carbocycles. The molecular weight excluding hydrogens is 344 g/mol. The molecule has 1 unspecified atom stereocenters. The van der Waals surface area contributed by atoms with Crippen LogP contribution < -0.4 is 0 Å². The van der Waals surface area contributed by atoms with E-state index in [1.807, 2.05) is 66.1 Å². The summed E-state index contributed by atoms with van der Waals surface area (Å²) in [6, 6.07) is 21.7. The van der Waals surface area contributed by atoms with E-state index in [1.165, 1.54) is 0 Å². The first-order valence-electron chi connectivity index (χ1n) is 8.35. The summed E-state index contributed by atoms with van der Waals surface area (Å²) in [6.45, 7) is 1.97. The molecule has 4 rings (SSSR count). The molecule has 2 aromatic heterocycles. The summed E-state index contributed by atoms with van der Waals surface area (Å²) in [6.07, 6.45) is 3.53. The smallest absolute Gasteiger partial charge is 0.191 e. The van der Waals surface area contributed by atoms with Crippen molar-refractivity contribution in [3.8, 4) is 0 Å². The SMILES string of the molecule is Cc1cccn2c(C(c3ccccc3)S(=O)(=O)c3ccccc3)cnc12. The van der Waals surface area contributed by atoms with Gasteiger partial charge in [0.25, 0.3) is 0 Å². The number of nitrogens with zero attached hydrogens (tertiary/aromatic N) is 2. The Labute approximate surface area is 152 Å². The maximum atomic E-state index is 13.5. The fourth-order valence-electron chi connectivity index (χ4n) is 3.25. The lowest BCUT2D eigenvalue weighted by Gasteiger charge is -2.18. The highest BCUT2D eigenvalue weighted by molar-refractivity contribution is 7.91. The van der Waals surface area contributed by atoms with Crippen LogP contribution >= 0.6 is 0 Å². The zero-order valence-electron chi connectivity index (χ0n) is 14.3. The number of sulfone groups is 1. The maximum absolute atomic E-state index is 13.5. The van der Waals surface area contributed by atoms with E-state index in [2.05, 4.69) is 4.98 Å². The fraction of sp³-hybridized carbons (Fsp3) is 0.0952. The molecule has 1 atom stereocenters. The Hall–Kier alpha value is -2.92. The Morgan fingerprint density at radius 3 is 2.23 bits per heavy atom. The molecule has 2 heterocycles. The number of benzene rings is 2. The summed E-state index contributed by atoms with van der Waals surface area (Å²) in [5, 5.41) is -0.831. The van der Waals surface area contributed by atoms with Crippen molar-refractivity contribution in [1.82, 2.24) is 9.38 Å². The molecule has 4 aromatic rings. The van der Waals surface area contributed by atoms with Crippen LogP contribution in [0.1, 0.15) is 22.1 Å². The van der Waals surface area contributed by atoms with Gasteiger partial charge >= 0.3 is 0 Å². The number of fused-ring (bicyclic) bond motifs is 1. The monoisotopic (exact) mass is 362 g/mol. The summed E-state index contributed by atoms with van der Waals surface area (Å²) in [4.78, 5) is 4.77. The average Bonchev–Trinajstić information content (AvgIpc) is 3.08. The third-order valence-corrected chi connectivity index (χ3v) is 6.58. The number of hydrogen-bond acceptors (Lipinski definition) is 3. The first kappa shape index (κ1) is 16.5. The number of pyridine rings is 1. The van der Waals surface area contributed by atoms with Crippen molar-refractivity contribution in [2.75, 3.05) is 0 Å². The molecule has 4 nitrogen and oxygen atoms in total. The highest BCUT2D eigenvalue weighted by atomic mass is 32.2. The van der Waals surface area contributed by atoms with E-state index >= 15 is 0 Å². The second-order valence-electron chi connectivity index (χ2n) is 6.22. The Balaban J connectivity index is 2.00. The summed E-state index contributed by atoms with van der Waals surface area (Å²) in [5.74, 6) is 0. The number of aromatic nitrogens is 2. The highest BCUT2D eigenvalue weighted by Crippen LogP contribution is 2.35. The van der Waals surface area contributed by atoms with E-state index in [4.69, 9.17) is 0 Å². The third-order valence-electron chi connectivity index (χ3n) is 4.51. The zero-order chi connectivity index (χ0) is 18.1. The van der Waals surface area contributed by atoms with Crippen molar-refractivity contribution in [1.29, 1.82) is 0 Å². The van der Waals surface area contributed by atoms with Crippen LogP contribution in [-0.4, -0.2) is 17.8 Å². The molecule has 0 saturated heterocycles. The molecule has 0 fully saturated rings. The van der Waals surface area contributed by atoms with Crippen LogP contribution in [0.3, 0.4) is 0 Å². The first-order valence-corrected chi connectivity index (χ1v) is 9.90. The summed E-state index contributed by atoms with van der Waals surface area (Å²) >= 11 is 0. The minimum absolute atomic E-state index is 0.302. The molecule has 0 aliphatic rings. The Bertz CT molecular complexity index is 1150. The van der Waals surface area contributed by atoms with Crippen molar-refractivity contribution >= 4 is 15.5 Å². The quantitative estimate of drug-likeness (QED) is 0.546. The van der Waals surface area contributed by atoms with Crippen molar-refractivity contribution in [3.05, 3.63) is 102 Å². The summed E-state index contributed by atoms with van der Waals surface area (Å²) in [5.41, 5.74) is 3.13. The van der Waals surface area contributed by atoms with Gasteiger partial charge in [-0.15, -0.1) is 0 Å². The van der Waals surface area contributed by atoms with E-state index in [9.17, 15) is 8.42 Å². The van der Waals surface area contributed by atoms with Crippen molar-refractivity contribution in [2.45, 2.75) is 17.1 Å². The lowest BCUT2D eigenvalue weighted by atomic mass is 10.1. The zero-order valence-corrected chi connectivity index (χ0v) is 15.1. The van der Waals surface area contributed by atoms with E-state index in [1.54, 1.807) is 30.5 Å². The van der Waals surface area contributed by atoms with E-state index in [0.29, 0.717) is 10.6 Å². The number of hydrogen-bond donors (Lipinski definition) is 0.